The Hall–Kier alpha value is -3.17. The maximum Gasteiger partial charge on any atom is 0.259 e. The number of ether oxygens (including phenoxy) is 1. The van der Waals surface area contributed by atoms with Crippen molar-refractivity contribution in [1.29, 1.82) is 0 Å². The van der Waals surface area contributed by atoms with Gasteiger partial charge in [-0.2, -0.15) is 0 Å². The summed E-state index contributed by atoms with van der Waals surface area (Å²) in [5, 5.41) is 9.10. The monoisotopic (exact) mass is 426 g/mol. The Bertz CT molecular complexity index is 1110. The molecule has 4 rings (SSSR count). The van der Waals surface area contributed by atoms with Gasteiger partial charge in [0.15, 0.2) is 29.4 Å². The summed E-state index contributed by atoms with van der Waals surface area (Å²) < 4.78 is 29.8. The Morgan fingerprint density at radius 2 is 2.13 bits per heavy atom. The third-order valence-corrected chi connectivity index (χ3v) is 5.37. The summed E-state index contributed by atoms with van der Waals surface area (Å²) in [5.74, 6) is -0.467. The molecule has 1 aliphatic rings. The molecule has 162 valence electrons. The fourth-order valence-corrected chi connectivity index (χ4v) is 3.54. The van der Waals surface area contributed by atoms with Crippen molar-refractivity contribution in [3.63, 3.8) is 0 Å². The van der Waals surface area contributed by atoms with Gasteiger partial charge in [0.2, 0.25) is 0 Å². The van der Waals surface area contributed by atoms with E-state index < -0.39 is 24.4 Å². The number of aliphatic hydroxyl groups is 1. The van der Waals surface area contributed by atoms with E-state index in [1.54, 1.807) is 37.3 Å². The van der Waals surface area contributed by atoms with Crippen LogP contribution in [0.25, 0.3) is 11.2 Å². The van der Waals surface area contributed by atoms with E-state index in [0.29, 0.717) is 16.7 Å². The second-order valence-corrected chi connectivity index (χ2v) is 7.33. The van der Waals surface area contributed by atoms with Crippen molar-refractivity contribution in [2.75, 3.05) is 18.1 Å². The lowest BCUT2D eigenvalue weighted by Gasteiger charge is -2.21. The molecular weight excluding hydrogens is 401 g/mol. The molecule has 8 nitrogen and oxygen atoms in total. The van der Waals surface area contributed by atoms with Gasteiger partial charge in [-0.05, 0) is 19.0 Å². The number of alkyl halides is 1. The van der Waals surface area contributed by atoms with Crippen LogP contribution in [0.2, 0.25) is 0 Å². The molecule has 2 aromatic heterocycles. The quantitative estimate of drug-likeness (QED) is 0.609. The van der Waals surface area contributed by atoms with Crippen LogP contribution in [-0.4, -0.2) is 56.0 Å². The number of hydrogen-bond acceptors (Lipinski definition) is 6. The SMILES string of the molecule is [2H]C[C@H]1OC(n2cnc3c(N(C/C=C/CO)C(=O)c4ccccc4)ncnc32)[C@H](F)[C@@H]1C. The van der Waals surface area contributed by atoms with Gasteiger partial charge in [0.05, 0.1) is 19.0 Å². The van der Waals surface area contributed by atoms with Gasteiger partial charge in [-0.1, -0.05) is 37.3 Å². The molecule has 1 unspecified atom stereocenters. The zero-order chi connectivity index (χ0) is 22.7. The van der Waals surface area contributed by atoms with Crippen LogP contribution in [0.15, 0.2) is 55.1 Å². The highest BCUT2D eigenvalue weighted by atomic mass is 19.1. The molecule has 0 bridgehead atoms. The zero-order valence-electron chi connectivity index (χ0n) is 18.0. The van der Waals surface area contributed by atoms with Crippen LogP contribution >= 0.6 is 0 Å². The number of nitrogens with zero attached hydrogens (tertiary/aromatic N) is 5. The highest BCUT2D eigenvalue weighted by Gasteiger charge is 2.42. The van der Waals surface area contributed by atoms with Crippen molar-refractivity contribution >= 4 is 22.9 Å². The van der Waals surface area contributed by atoms with Gasteiger partial charge in [-0.3, -0.25) is 14.3 Å². The molecule has 0 radical (unpaired) electrons. The molecule has 1 aliphatic heterocycles. The Labute approximate surface area is 180 Å². The minimum atomic E-state index is -1.32. The van der Waals surface area contributed by atoms with E-state index in [1.807, 2.05) is 6.07 Å². The molecule has 0 spiro atoms. The van der Waals surface area contributed by atoms with Gasteiger partial charge in [0, 0.05) is 19.4 Å². The maximum atomic E-state index is 14.9. The second kappa shape index (κ2) is 8.91. The van der Waals surface area contributed by atoms with Gasteiger partial charge < -0.3 is 9.84 Å². The van der Waals surface area contributed by atoms with Crippen molar-refractivity contribution in [2.24, 2.45) is 5.92 Å². The van der Waals surface area contributed by atoms with Crippen LogP contribution in [0.5, 0.6) is 0 Å². The molecule has 0 aliphatic carbocycles. The summed E-state index contributed by atoms with van der Waals surface area (Å²) in [6.07, 6.45) is 3.11. The molecule has 9 heteroatoms. The second-order valence-electron chi connectivity index (χ2n) is 7.33. The van der Waals surface area contributed by atoms with E-state index in [0.717, 1.165) is 0 Å². The van der Waals surface area contributed by atoms with Crippen LogP contribution in [0.1, 0.15) is 31.8 Å². The Balaban J connectivity index is 1.75. The summed E-state index contributed by atoms with van der Waals surface area (Å²) in [5.41, 5.74) is 1.12. The molecule has 3 aromatic rings. The Morgan fingerprint density at radius 3 is 2.84 bits per heavy atom. The number of rotatable bonds is 6. The minimum absolute atomic E-state index is 0.0402. The number of anilines is 1. The average molecular weight is 426 g/mol. The first-order chi connectivity index (χ1) is 15.6. The molecule has 1 aromatic carbocycles. The number of imidazole rings is 1. The fraction of sp³-hybridized carbons (Fsp3) is 0.364. The molecule has 4 atom stereocenters. The highest BCUT2D eigenvalue weighted by Crippen LogP contribution is 2.37. The van der Waals surface area contributed by atoms with Gasteiger partial charge in [0.1, 0.15) is 6.33 Å². The summed E-state index contributed by atoms with van der Waals surface area (Å²) in [6.45, 7) is 1.67. The van der Waals surface area contributed by atoms with Crippen LogP contribution in [-0.2, 0) is 4.74 Å². The number of carbonyl (C=O) groups excluding carboxylic acids is 1. The summed E-state index contributed by atoms with van der Waals surface area (Å²) in [7, 11) is 0. The van der Waals surface area contributed by atoms with Crippen LogP contribution in [0.3, 0.4) is 0 Å². The largest absolute Gasteiger partial charge is 0.392 e. The van der Waals surface area contributed by atoms with E-state index in [1.165, 1.54) is 28.2 Å². The Kier molecular flexibility index (Phi) is 5.68. The number of hydrogen-bond donors (Lipinski definition) is 1. The van der Waals surface area contributed by atoms with Gasteiger partial charge in [-0.25, -0.2) is 19.3 Å². The van der Waals surface area contributed by atoms with E-state index in [-0.39, 0.29) is 31.8 Å². The smallest absolute Gasteiger partial charge is 0.259 e. The molecular formula is C22H24FN5O3. The van der Waals surface area contributed by atoms with E-state index in [9.17, 15) is 9.18 Å². The number of aromatic nitrogens is 4. The number of amides is 1. The van der Waals surface area contributed by atoms with E-state index in [4.69, 9.17) is 11.2 Å². The summed E-state index contributed by atoms with van der Waals surface area (Å²) in [6, 6.07) is 8.75. The van der Waals surface area contributed by atoms with Crippen LogP contribution in [0.4, 0.5) is 10.2 Å². The third-order valence-electron chi connectivity index (χ3n) is 5.37. The molecule has 1 N–H and O–H groups in total. The standard InChI is InChI=1S/C22H24FN5O3/c1-14-15(2)31-22(17(14)23)28-13-26-18-19(24-12-25-20(18)28)27(10-6-7-11-29)21(30)16-8-4-3-5-9-16/h3-9,12-15,17,22,29H,10-11H2,1-2H3/b7-6+/t14-,15-,17-,22?/m1/s1/i2D. The maximum absolute atomic E-state index is 14.9. The predicted octanol–water partition coefficient (Wildman–Crippen LogP) is 2.91. The highest BCUT2D eigenvalue weighted by molar-refractivity contribution is 6.08. The van der Waals surface area contributed by atoms with Gasteiger partial charge in [0.25, 0.3) is 5.91 Å². The predicted molar refractivity (Wildman–Crippen MR) is 113 cm³/mol. The lowest BCUT2D eigenvalue weighted by molar-refractivity contribution is -0.0102. The first kappa shape index (κ1) is 19.8. The van der Waals surface area contributed by atoms with Gasteiger partial charge >= 0.3 is 0 Å². The molecule has 1 saturated heterocycles. The average Bonchev–Trinajstić information content (AvgIpc) is 3.38. The van der Waals surface area contributed by atoms with Crippen molar-refractivity contribution in [3.05, 3.63) is 60.7 Å². The number of benzene rings is 1. The molecule has 0 saturated carbocycles. The van der Waals surface area contributed by atoms with E-state index in [2.05, 4.69) is 15.0 Å². The van der Waals surface area contributed by atoms with Crippen molar-refractivity contribution in [1.82, 2.24) is 19.5 Å². The first-order valence-electron chi connectivity index (χ1n) is 10.7. The zero-order valence-corrected chi connectivity index (χ0v) is 17.0. The molecule has 31 heavy (non-hydrogen) atoms. The fourth-order valence-electron chi connectivity index (χ4n) is 3.54. The van der Waals surface area contributed by atoms with Gasteiger partial charge in [-0.15, -0.1) is 0 Å². The van der Waals surface area contributed by atoms with Crippen molar-refractivity contribution < 1.29 is 20.4 Å². The van der Waals surface area contributed by atoms with Crippen molar-refractivity contribution in [3.8, 4) is 0 Å². The van der Waals surface area contributed by atoms with E-state index >= 15 is 0 Å². The first-order valence-corrected chi connectivity index (χ1v) is 9.95. The van der Waals surface area contributed by atoms with Crippen molar-refractivity contribution in [2.45, 2.75) is 32.3 Å². The normalized spacial score (nSPS) is 24.0. The minimum Gasteiger partial charge on any atom is -0.392 e. The Morgan fingerprint density at radius 1 is 1.32 bits per heavy atom. The third kappa shape index (κ3) is 3.94. The number of fused-ring (bicyclic) bond motifs is 1. The van der Waals surface area contributed by atoms with Crippen LogP contribution < -0.4 is 4.90 Å². The van der Waals surface area contributed by atoms with Crippen LogP contribution in [0, 0.1) is 5.92 Å². The molecule has 1 fully saturated rings. The number of carbonyl (C=O) groups is 1. The lowest BCUT2D eigenvalue weighted by atomic mass is 10.0. The summed E-state index contributed by atoms with van der Waals surface area (Å²) in [4.78, 5) is 27.6. The number of aliphatic hydroxyl groups excluding tert-OH is 1. The molecule has 1 amide bonds. The lowest BCUT2D eigenvalue weighted by Crippen LogP contribution is -2.32. The number of halogens is 1. The molecule has 3 heterocycles. The summed E-state index contributed by atoms with van der Waals surface area (Å²) >= 11 is 0. The topological polar surface area (TPSA) is 93.4 Å².